The standard InChI is InChI=1S/C12H16FN3O2/c1-16-4-5-18-10(8-16)7-15-12(17)9-2-3-11(13)14-6-9/h2-3,6,10H,4-5,7-8H2,1H3,(H,15,17). The molecule has 1 unspecified atom stereocenters. The molecule has 0 radical (unpaired) electrons. The van der Waals surface area contributed by atoms with Gasteiger partial charge in [-0.3, -0.25) is 4.79 Å². The molecule has 0 saturated carbocycles. The number of rotatable bonds is 3. The molecule has 98 valence electrons. The Morgan fingerprint density at radius 2 is 2.50 bits per heavy atom. The lowest BCUT2D eigenvalue weighted by Crippen LogP contribution is -2.45. The van der Waals surface area contributed by atoms with E-state index in [0.29, 0.717) is 18.7 Å². The number of pyridine rings is 1. The van der Waals surface area contributed by atoms with E-state index < -0.39 is 5.95 Å². The highest BCUT2D eigenvalue weighted by molar-refractivity contribution is 5.93. The summed E-state index contributed by atoms with van der Waals surface area (Å²) in [7, 11) is 2.02. The smallest absolute Gasteiger partial charge is 0.252 e. The number of aromatic nitrogens is 1. The molecule has 0 bridgehead atoms. The Morgan fingerprint density at radius 1 is 1.67 bits per heavy atom. The van der Waals surface area contributed by atoms with Crippen molar-refractivity contribution in [2.24, 2.45) is 0 Å². The van der Waals surface area contributed by atoms with Crippen LogP contribution in [0.1, 0.15) is 10.4 Å². The third-order valence-corrected chi connectivity index (χ3v) is 2.82. The van der Waals surface area contributed by atoms with Gasteiger partial charge in [-0.15, -0.1) is 0 Å². The number of nitrogens with zero attached hydrogens (tertiary/aromatic N) is 2. The van der Waals surface area contributed by atoms with Crippen molar-refractivity contribution < 1.29 is 13.9 Å². The summed E-state index contributed by atoms with van der Waals surface area (Å²) in [5.74, 6) is -0.858. The Hall–Kier alpha value is -1.53. The van der Waals surface area contributed by atoms with Gasteiger partial charge < -0.3 is 15.0 Å². The number of carbonyl (C=O) groups excluding carboxylic acids is 1. The first-order valence-corrected chi connectivity index (χ1v) is 5.85. The molecule has 1 aliphatic heterocycles. The van der Waals surface area contributed by atoms with Crippen LogP contribution >= 0.6 is 0 Å². The van der Waals surface area contributed by atoms with Crippen LogP contribution in [-0.4, -0.2) is 55.2 Å². The van der Waals surface area contributed by atoms with E-state index in [9.17, 15) is 9.18 Å². The molecule has 2 rings (SSSR count). The van der Waals surface area contributed by atoms with Crippen LogP contribution in [0.5, 0.6) is 0 Å². The molecular weight excluding hydrogens is 237 g/mol. The van der Waals surface area contributed by atoms with Gasteiger partial charge in [0.25, 0.3) is 5.91 Å². The molecular formula is C12H16FN3O2. The highest BCUT2D eigenvalue weighted by Gasteiger charge is 2.18. The minimum Gasteiger partial charge on any atom is -0.374 e. The summed E-state index contributed by atoms with van der Waals surface area (Å²) in [6, 6.07) is 2.57. The van der Waals surface area contributed by atoms with Crippen molar-refractivity contribution in [1.29, 1.82) is 0 Å². The molecule has 2 heterocycles. The van der Waals surface area contributed by atoms with E-state index in [1.165, 1.54) is 18.3 Å². The van der Waals surface area contributed by atoms with Gasteiger partial charge in [-0.1, -0.05) is 0 Å². The summed E-state index contributed by atoms with van der Waals surface area (Å²) in [6.45, 7) is 2.82. The Labute approximate surface area is 105 Å². The van der Waals surface area contributed by atoms with Crippen LogP contribution in [0.15, 0.2) is 18.3 Å². The van der Waals surface area contributed by atoms with Crippen LogP contribution in [0.3, 0.4) is 0 Å². The number of likely N-dealkylation sites (N-methyl/N-ethyl adjacent to an activating group) is 1. The fourth-order valence-corrected chi connectivity index (χ4v) is 1.81. The molecule has 1 aromatic heterocycles. The number of hydrogen-bond donors (Lipinski definition) is 1. The summed E-state index contributed by atoms with van der Waals surface area (Å²) in [5.41, 5.74) is 0.348. The van der Waals surface area contributed by atoms with E-state index in [1.807, 2.05) is 7.05 Å². The van der Waals surface area contributed by atoms with Gasteiger partial charge in [0.05, 0.1) is 18.3 Å². The normalized spacial score (nSPS) is 20.7. The van der Waals surface area contributed by atoms with Gasteiger partial charge in [0.15, 0.2) is 0 Å². The average molecular weight is 253 g/mol. The minimum atomic E-state index is -0.594. The van der Waals surface area contributed by atoms with Crippen molar-refractivity contribution in [2.45, 2.75) is 6.10 Å². The Balaban J connectivity index is 1.82. The zero-order chi connectivity index (χ0) is 13.0. The van der Waals surface area contributed by atoms with Crippen molar-refractivity contribution in [3.63, 3.8) is 0 Å². The lowest BCUT2D eigenvalue weighted by atomic mass is 10.2. The van der Waals surface area contributed by atoms with Gasteiger partial charge in [-0.25, -0.2) is 4.98 Å². The second-order valence-electron chi connectivity index (χ2n) is 4.33. The second kappa shape index (κ2) is 5.88. The lowest BCUT2D eigenvalue weighted by Gasteiger charge is -2.30. The molecule has 0 aromatic carbocycles. The van der Waals surface area contributed by atoms with Crippen molar-refractivity contribution in [3.8, 4) is 0 Å². The third-order valence-electron chi connectivity index (χ3n) is 2.82. The number of morpholine rings is 1. The summed E-state index contributed by atoms with van der Waals surface area (Å²) >= 11 is 0. The largest absolute Gasteiger partial charge is 0.374 e. The third kappa shape index (κ3) is 3.48. The molecule has 1 amide bonds. The van der Waals surface area contributed by atoms with E-state index in [0.717, 1.165) is 13.1 Å². The van der Waals surface area contributed by atoms with E-state index in [1.54, 1.807) is 0 Å². The van der Waals surface area contributed by atoms with Gasteiger partial charge in [-0.2, -0.15) is 4.39 Å². The molecule has 6 heteroatoms. The summed E-state index contributed by atoms with van der Waals surface area (Å²) in [4.78, 5) is 17.3. The lowest BCUT2D eigenvalue weighted by molar-refractivity contribution is -0.0175. The van der Waals surface area contributed by atoms with Crippen LogP contribution < -0.4 is 5.32 Å². The fourth-order valence-electron chi connectivity index (χ4n) is 1.81. The summed E-state index contributed by atoms with van der Waals surface area (Å²) in [6.07, 6.45) is 1.22. The second-order valence-corrected chi connectivity index (χ2v) is 4.33. The predicted molar refractivity (Wildman–Crippen MR) is 63.8 cm³/mol. The van der Waals surface area contributed by atoms with Crippen molar-refractivity contribution in [2.75, 3.05) is 33.3 Å². The molecule has 1 aliphatic rings. The molecule has 1 saturated heterocycles. The number of amides is 1. The minimum absolute atomic E-state index is 0.00103. The van der Waals surface area contributed by atoms with Crippen LogP contribution in [-0.2, 0) is 4.74 Å². The molecule has 1 atom stereocenters. The highest BCUT2D eigenvalue weighted by Crippen LogP contribution is 2.03. The highest BCUT2D eigenvalue weighted by atomic mass is 19.1. The summed E-state index contributed by atoms with van der Waals surface area (Å²) < 4.78 is 18.1. The summed E-state index contributed by atoms with van der Waals surface area (Å²) in [5, 5.41) is 2.76. The van der Waals surface area contributed by atoms with Crippen LogP contribution in [0.2, 0.25) is 0 Å². The molecule has 1 N–H and O–H groups in total. The fraction of sp³-hybridized carbons (Fsp3) is 0.500. The van der Waals surface area contributed by atoms with Gasteiger partial charge in [0.1, 0.15) is 0 Å². The Kier molecular flexibility index (Phi) is 4.22. The maximum atomic E-state index is 12.6. The SMILES string of the molecule is CN1CCOC(CNC(=O)c2ccc(F)nc2)C1. The first kappa shape index (κ1) is 12.9. The van der Waals surface area contributed by atoms with Crippen LogP contribution in [0.25, 0.3) is 0 Å². The average Bonchev–Trinajstić information content (AvgIpc) is 2.37. The first-order valence-electron chi connectivity index (χ1n) is 5.85. The van der Waals surface area contributed by atoms with Crippen LogP contribution in [0, 0.1) is 5.95 Å². The van der Waals surface area contributed by atoms with E-state index in [-0.39, 0.29) is 12.0 Å². The van der Waals surface area contributed by atoms with Gasteiger partial charge in [-0.05, 0) is 19.2 Å². The van der Waals surface area contributed by atoms with Crippen LogP contribution in [0.4, 0.5) is 4.39 Å². The molecule has 1 fully saturated rings. The molecule has 1 aromatic rings. The molecule has 18 heavy (non-hydrogen) atoms. The van der Waals surface area contributed by atoms with Crippen molar-refractivity contribution >= 4 is 5.91 Å². The quantitative estimate of drug-likeness (QED) is 0.786. The number of nitrogens with one attached hydrogen (secondary N) is 1. The molecule has 0 aliphatic carbocycles. The number of carbonyl (C=O) groups is 1. The van der Waals surface area contributed by atoms with E-state index in [4.69, 9.17) is 4.74 Å². The van der Waals surface area contributed by atoms with Gasteiger partial charge in [0.2, 0.25) is 5.95 Å². The monoisotopic (exact) mass is 253 g/mol. The number of ether oxygens (including phenoxy) is 1. The topological polar surface area (TPSA) is 54.5 Å². The van der Waals surface area contributed by atoms with Gasteiger partial charge >= 0.3 is 0 Å². The number of hydrogen-bond acceptors (Lipinski definition) is 4. The Morgan fingerprint density at radius 3 is 3.17 bits per heavy atom. The predicted octanol–water partition coefficient (Wildman–Crippen LogP) is 0.281. The van der Waals surface area contributed by atoms with E-state index in [2.05, 4.69) is 15.2 Å². The first-order chi connectivity index (χ1) is 8.65. The zero-order valence-electron chi connectivity index (χ0n) is 10.2. The Bertz CT molecular complexity index is 410. The molecule has 0 spiro atoms. The number of halogens is 1. The van der Waals surface area contributed by atoms with E-state index >= 15 is 0 Å². The van der Waals surface area contributed by atoms with Gasteiger partial charge in [0, 0.05) is 25.8 Å². The van der Waals surface area contributed by atoms with Crippen molar-refractivity contribution in [3.05, 3.63) is 29.8 Å². The molecule has 5 nitrogen and oxygen atoms in total. The maximum Gasteiger partial charge on any atom is 0.252 e. The zero-order valence-corrected chi connectivity index (χ0v) is 10.2. The van der Waals surface area contributed by atoms with Crippen molar-refractivity contribution in [1.82, 2.24) is 15.2 Å². The maximum absolute atomic E-state index is 12.6.